The minimum Gasteiger partial charge on any atom is -0.458 e. The van der Waals surface area contributed by atoms with Gasteiger partial charge >= 0.3 is 5.97 Å². The monoisotopic (exact) mass is 205 g/mol. The number of nitriles is 1. The van der Waals surface area contributed by atoms with Gasteiger partial charge in [0.2, 0.25) is 6.54 Å². The average molecular weight is 205 g/mol. The van der Waals surface area contributed by atoms with Crippen LogP contribution in [0.4, 0.5) is 0 Å². The number of hydrogen-bond donors (Lipinski definition) is 0. The highest BCUT2D eigenvalue weighted by Gasteiger charge is 2.11. The molecule has 0 radical (unpaired) electrons. The van der Waals surface area contributed by atoms with Crippen LogP contribution in [0.25, 0.3) is 0 Å². The van der Waals surface area contributed by atoms with Crippen molar-refractivity contribution in [3.05, 3.63) is 30.1 Å². The van der Waals surface area contributed by atoms with Crippen molar-refractivity contribution in [2.45, 2.75) is 26.5 Å². The van der Waals surface area contributed by atoms with Crippen LogP contribution < -0.4 is 4.57 Å². The Kier molecular flexibility index (Phi) is 3.81. The lowest BCUT2D eigenvalue weighted by atomic mass is 10.3. The molecule has 0 fully saturated rings. The molecule has 0 bridgehead atoms. The van der Waals surface area contributed by atoms with Crippen molar-refractivity contribution in [3.8, 4) is 6.07 Å². The summed E-state index contributed by atoms with van der Waals surface area (Å²) in [7, 11) is 0. The molecule has 0 atom stereocenters. The van der Waals surface area contributed by atoms with Crippen molar-refractivity contribution in [1.82, 2.24) is 0 Å². The van der Waals surface area contributed by atoms with Gasteiger partial charge in [0.25, 0.3) is 0 Å². The Hall–Kier alpha value is -1.89. The normalized spacial score (nSPS) is 9.73. The lowest BCUT2D eigenvalue weighted by molar-refractivity contribution is -0.686. The highest BCUT2D eigenvalue weighted by atomic mass is 16.5. The van der Waals surface area contributed by atoms with Crippen LogP contribution in [-0.4, -0.2) is 12.1 Å². The van der Waals surface area contributed by atoms with Gasteiger partial charge in [0.1, 0.15) is 0 Å². The van der Waals surface area contributed by atoms with E-state index in [0.29, 0.717) is 5.56 Å². The molecule has 0 unspecified atom stereocenters. The van der Waals surface area contributed by atoms with Gasteiger partial charge in [-0.1, -0.05) is 0 Å². The number of esters is 1. The second-order valence-electron chi connectivity index (χ2n) is 3.41. The van der Waals surface area contributed by atoms with Gasteiger partial charge in [-0.25, -0.2) is 4.79 Å². The molecule has 1 heterocycles. The van der Waals surface area contributed by atoms with Crippen molar-refractivity contribution in [2.24, 2.45) is 0 Å². The first kappa shape index (κ1) is 11.2. The molecule has 78 valence electrons. The fraction of sp³-hybridized carbons (Fsp3) is 0.364. The minimum atomic E-state index is -0.278. The van der Waals surface area contributed by atoms with Crippen LogP contribution in [0.1, 0.15) is 19.4 Å². The predicted octanol–water partition coefficient (Wildman–Crippen LogP) is 0.797. The summed E-state index contributed by atoms with van der Waals surface area (Å²) in [5, 5.41) is 8.58. The van der Waals surface area contributed by atoms with Gasteiger partial charge in [0.15, 0.2) is 12.4 Å². The van der Waals surface area contributed by atoms with E-state index in [4.69, 9.17) is 10.00 Å². The summed E-state index contributed by atoms with van der Waals surface area (Å²) in [5.41, 5.74) is 0.573. The molecule has 0 saturated heterocycles. The Bertz CT molecular complexity index is 377. The molecule has 0 spiro atoms. The highest BCUT2D eigenvalue weighted by Crippen LogP contribution is 1.92. The van der Waals surface area contributed by atoms with Crippen LogP contribution >= 0.6 is 0 Å². The van der Waals surface area contributed by atoms with Gasteiger partial charge in [0, 0.05) is 12.1 Å². The Balaban J connectivity index is 2.58. The molecule has 0 aliphatic rings. The van der Waals surface area contributed by atoms with Gasteiger partial charge in [-0.15, -0.1) is 0 Å². The predicted molar refractivity (Wildman–Crippen MR) is 52.6 cm³/mol. The maximum atomic E-state index is 11.3. The second kappa shape index (κ2) is 5.11. The van der Waals surface area contributed by atoms with E-state index in [0.717, 1.165) is 0 Å². The van der Waals surface area contributed by atoms with Crippen LogP contribution in [0.15, 0.2) is 24.5 Å². The summed E-state index contributed by atoms with van der Waals surface area (Å²) in [4.78, 5) is 11.3. The summed E-state index contributed by atoms with van der Waals surface area (Å²) in [6, 6.07) is 5.32. The Labute approximate surface area is 88.7 Å². The quantitative estimate of drug-likeness (QED) is 0.541. The van der Waals surface area contributed by atoms with Gasteiger partial charge in [-0.2, -0.15) is 9.83 Å². The van der Waals surface area contributed by atoms with E-state index >= 15 is 0 Å². The zero-order valence-corrected chi connectivity index (χ0v) is 8.80. The first-order valence-corrected chi connectivity index (χ1v) is 4.70. The maximum absolute atomic E-state index is 11.3. The SMILES string of the molecule is CC(C)OC(=O)C[n+]1ccc(C#N)cc1. The van der Waals surface area contributed by atoms with E-state index < -0.39 is 0 Å². The maximum Gasteiger partial charge on any atom is 0.372 e. The smallest absolute Gasteiger partial charge is 0.372 e. The summed E-state index contributed by atoms with van der Waals surface area (Å²) in [6.07, 6.45) is 3.26. The molecule has 0 amide bonds. The number of carbonyl (C=O) groups is 1. The van der Waals surface area contributed by atoms with Crippen LogP contribution in [0.3, 0.4) is 0 Å². The standard InChI is InChI=1S/C11H13N2O2/c1-9(2)15-11(14)8-13-5-3-10(7-12)4-6-13/h3-6,9H,8H2,1-2H3/q+1. The summed E-state index contributed by atoms with van der Waals surface area (Å²) >= 11 is 0. The Morgan fingerprint density at radius 3 is 2.60 bits per heavy atom. The summed E-state index contributed by atoms with van der Waals surface area (Å²) in [6.45, 7) is 3.78. The van der Waals surface area contributed by atoms with E-state index in [2.05, 4.69) is 0 Å². The van der Waals surface area contributed by atoms with Crippen LogP contribution in [0.5, 0.6) is 0 Å². The van der Waals surface area contributed by atoms with Gasteiger partial charge < -0.3 is 4.74 Å². The van der Waals surface area contributed by atoms with Crippen molar-refractivity contribution in [2.75, 3.05) is 0 Å². The van der Waals surface area contributed by atoms with Crippen LogP contribution in [0, 0.1) is 11.3 Å². The average Bonchev–Trinajstić information content (AvgIpc) is 2.17. The zero-order valence-electron chi connectivity index (χ0n) is 8.80. The van der Waals surface area contributed by atoms with Gasteiger partial charge in [-0.05, 0) is 13.8 Å². The van der Waals surface area contributed by atoms with Gasteiger partial charge in [-0.3, -0.25) is 0 Å². The molecule has 1 aromatic rings. The van der Waals surface area contributed by atoms with E-state index in [1.54, 1.807) is 42.9 Å². The third kappa shape index (κ3) is 3.77. The topological polar surface area (TPSA) is 54.0 Å². The van der Waals surface area contributed by atoms with E-state index in [1.807, 2.05) is 6.07 Å². The Morgan fingerprint density at radius 2 is 2.13 bits per heavy atom. The van der Waals surface area contributed by atoms with Gasteiger partial charge in [0.05, 0.1) is 17.7 Å². The van der Waals surface area contributed by atoms with Crippen molar-refractivity contribution < 1.29 is 14.1 Å². The molecule has 1 aromatic heterocycles. The lowest BCUT2D eigenvalue weighted by Crippen LogP contribution is -2.38. The number of hydrogen-bond acceptors (Lipinski definition) is 3. The third-order valence-corrected chi connectivity index (χ3v) is 1.70. The molecular formula is C11H13N2O2+. The van der Waals surface area contributed by atoms with Crippen molar-refractivity contribution in [3.63, 3.8) is 0 Å². The first-order valence-electron chi connectivity index (χ1n) is 4.70. The largest absolute Gasteiger partial charge is 0.458 e. The molecule has 4 nitrogen and oxygen atoms in total. The number of pyridine rings is 1. The number of nitrogens with zero attached hydrogens (tertiary/aromatic N) is 2. The summed E-state index contributed by atoms with van der Waals surface area (Å²) < 4.78 is 6.66. The van der Waals surface area contributed by atoms with E-state index in [1.165, 1.54) is 0 Å². The molecule has 0 aromatic carbocycles. The van der Waals surface area contributed by atoms with Crippen molar-refractivity contribution >= 4 is 5.97 Å². The molecule has 0 aliphatic heterocycles. The highest BCUT2D eigenvalue weighted by molar-refractivity contribution is 5.67. The number of aromatic nitrogens is 1. The molecule has 4 heteroatoms. The fourth-order valence-corrected chi connectivity index (χ4v) is 1.09. The minimum absolute atomic E-state index is 0.100. The number of ether oxygens (including phenoxy) is 1. The zero-order chi connectivity index (χ0) is 11.3. The second-order valence-corrected chi connectivity index (χ2v) is 3.41. The molecule has 1 rings (SSSR count). The molecule has 0 saturated carbocycles. The van der Waals surface area contributed by atoms with Crippen molar-refractivity contribution in [1.29, 1.82) is 5.26 Å². The molecular weight excluding hydrogens is 192 g/mol. The molecule has 15 heavy (non-hydrogen) atoms. The van der Waals surface area contributed by atoms with Crippen LogP contribution in [-0.2, 0) is 16.1 Å². The fourth-order valence-electron chi connectivity index (χ4n) is 1.09. The number of carbonyl (C=O) groups excluding carboxylic acids is 1. The molecule has 0 aliphatic carbocycles. The van der Waals surface area contributed by atoms with Crippen LogP contribution in [0.2, 0.25) is 0 Å². The lowest BCUT2D eigenvalue weighted by Gasteiger charge is -2.04. The first-order chi connectivity index (χ1) is 7.11. The van der Waals surface area contributed by atoms with E-state index in [-0.39, 0.29) is 18.6 Å². The summed E-state index contributed by atoms with van der Waals surface area (Å²) in [5.74, 6) is -0.278. The Morgan fingerprint density at radius 1 is 1.53 bits per heavy atom. The molecule has 0 N–H and O–H groups in total. The third-order valence-electron chi connectivity index (χ3n) is 1.70. The van der Waals surface area contributed by atoms with E-state index in [9.17, 15) is 4.79 Å². The number of rotatable bonds is 3.